The quantitative estimate of drug-likeness (QED) is 0.440. The molecule has 0 amide bonds. The predicted octanol–water partition coefficient (Wildman–Crippen LogP) is 3.42. The summed E-state index contributed by atoms with van der Waals surface area (Å²) in [6.07, 6.45) is 0.207. The third-order valence-electron chi connectivity index (χ3n) is 1.68. The second-order valence-electron chi connectivity index (χ2n) is 2.59. The number of methoxy groups -OCH3 is 1. The summed E-state index contributed by atoms with van der Waals surface area (Å²) in [5.74, 6) is -0.287. The molecular weight excluding hydrogens is 382 g/mol. The van der Waals surface area contributed by atoms with Crippen molar-refractivity contribution in [1.82, 2.24) is 0 Å². The standard InChI is InChI=1S/C9H7BrClIO2/c1-14-7(13)4-5-2-3-6(10)9(12)8(5)11/h2-3H,4H2,1H3. The first-order valence-electron chi connectivity index (χ1n) is 3.75. The highest BCUT2D eigenvalue weighted by atomic mass is 127. The molecule has 0 radical (unpaired) electrons. The molecule has 0 aliphatic heterocycles. The average Bonchev–Trinajstić information content (AvgIpc) is 2.19. The highest BCUT2D eigenvalue weighted by Crippen LogP contribution is 2.30. The monoisotopic (exact) mass is 388 g/mol. The lowest BCUT2D eigenvalue weighted by Crippen LogP contribution is -2.05. The zero-order valence-electron chi connectivity index (χ0n) is 7.31. The summed E-state index contributed by atoms with van der Waals surface area (Å²) < 4.78 is 6.40. The fraction of sp³-hybridized carbons (Fsp3) is 0.222. The lowest BCUT2D eigenvalue weighted by Gasteiger charge is -2.06. The largest absolute Gasteiger partial charge is 0.469 e. The van der Waals surface area contributed by atoms with Gasteiger partial charge in [0.05, 0.1) is 18.6 Å². The minimum Gasteiger partial charge on any atom is -0.469 e. The van der Waals surface area contributed by atoms with Gasteiger partial charge in [0.2, 0.25) is 0 Å². The summed E-state index contributed by atoms with van der Waals surface area (Å²) in [6, 6.07) is 3.68. The fourth-order valence-corrected chi connectivity index (χ4v) is 2.13. The molecule has 0 spiro atoms. The molecule has 5 heteroatoms. The van der Waals surface area contributed by atoms with Crippen LogP contribution in [0, 0.1) is 3.57 Å². The van der Waals surface area contributed by atoms with Gasteiger partial charge in [-0.2, -0.15) is 0 Å². The first-order chi connectivity index (χ1) is 6.56. The van der Waals surface area contributed by atoms with Crippen LogP contribution < -0.4 is 0 Å². The number of esters is 1. The zero-order valence-corrected chi connectivity index (χ0v) is 11.8. The number of rotatable bonds is 2. The minimum absolute atomic E-state index is 0.207. The Balaban J connectivity index is 3.00. The van der Waals surface area contributed by atoms with Gasteiger partial charge in [-0.1, -0.05) is 17.7 Å². The summed E-state index contributed by atoms with van der Waals surface area (Å²) in [6.45, 7) is 0. The van der Waals surface area contributed by atoms with Gasteiger partial charge in [-0.15, -0.1) is 0 Å². The molecule has 0 aliphatic carbocycles. The molecule has 0 N–H and O–H groups in total. The third-order valence-corrected chi connectivity index (χ3v) is 4.95. The van der Waals surface area contributed by atoms with E-state index < -0.39 is 0 Å². The molecule has 0 saturated carbocycles. The van der Waals surface area contributed by atoms with Crippen LogP contribution in [0.25, 0.3) is 0 Å². The van der Waals surface area contributed by atoms with Gasteiger partial charge >= 0.3 is 5.97 Å². The lowest BCUT2D eigenvalue weighted by molar-refractivity contribution is -0.139. The van der Waals surface area contributed by atoms with E-state index in [2.05, 4.69) is 43.3 Å². The van der Waals surface area contributed by atoms with Gasteiger partial charge in [-0.05, 0) is 50.2 Å². The SMILES string of the molecule is COC(=O)Cc1ccc(Br)c(I)c1Cl. The van der Waals surface area contributed by atoms with E-state index in [1.54, 1.807) is 0 Å². The number of halogens is 3. The Morgan fingerprint density at radius 2 is 2.29 bits per heavy atom. The molecule has 76 valence electrons. The molecule has 0 fully saturated rings. The molecule has 14 heavy (non-hydrogen) atoms. The zero-order chi connectivity index (χ0) is 10.7. The molecule has 0 aliphatic rings. The summed E-state index contributed by atoms with van der Waals surface area (Å²) in [4.78, 5) is 11.0. The summed E-state index contributed by atoms with van der Waals surface area (Å²) in [7, 11) is 1.36. The highest BCUT2D eigenvalue weighted by molar-refractivity contribution is 14.1. The predicted molar refractivity (Wildman–Crippen MR) is 67.6 cm³/mol. The van der Waals surface area contributed by atoms with Crippen LogP contribution in [-0.2, 0) is 16.0 Å². The first-order valence-corrected chi connectivity index (χ1v) is 6.00. The molecule has 1 aromatic carbocycles. The molecule has 0 bridgehead atoms. The van der Waals surface area contributed by atoms with Gasteiger partial charge in [0.25, 0.3) is 0 Å². The van der Waals surface area contributed by atoms with Crippen LogP contribution in [-0.4, -0.2) is 13.1 Å². The van der Waals surface area contributed by atoms with Crippen LogP contribution in [0.2, 0.25) is 5.02 Å². The van der Waals surface area contributed by atoms with Gasteiger partial charge in [0.15, 0.2) is 0 Å². The van der Waals surface area contributed by atoms with E-state index in [9.17, 15) is 4.79 Å². The minimum atomic E-state index is -0.287. The second-order valence-corrected chi connectivity index (χ2v) is 4.90. The van der Waals surface area contributed by atoms with Crippen molar-refractivity contribution in [2.24, 2.45) is 0 Å². The summed E-state index contributed by atoms with van der Waals surface area (Å²) in [5.41, 5.74) is 0.783. The summed E-state index contributed by atoms with van der Waals surface area (Å²) in [5, 5.41) is 0.602. The van der Waals surface area contributed by atoms with Gasteiger partial charge in [-0.25, -0.2) is 0 Å². The van der Waals surface area contributed by atoms with Crippen LogP contribution >= 0.6 is 50.1 Å². The van der Waals surface area contributed by atoms with Crippen molar-refractivity contribution >= 4 is 56.1 Å². The Morgan fingerprint density at radius 3 is 2.86 bits per heavy atom. The Hall–Kier alpha value is 0.190. The molecule has 1 aromatic rings. The molecule has 1 rings (SSSR count). The number of carbonyl (C=O) groups is 1. The number of hydrogen-bond acceptors (Lipinski definition) is 2. The topological polar surface area (TPSA) is 26.3 Å². The van der Waals surface area contributed by atoms with E-state index in [0.29, 0.717) is 5.02 Å². The Bertz CT molecular complexity index is 368. The van der Waals surface area contributed by atoms with Crippen molar-refractivity contribution < 1.29 is 9.53 Å². The van der Waals surface area contributed by atoms with Gasteiger partial charge in [0, 0.05) is 8.04 Å². The number of hydrogen-bond donors (Lipinski definition) is 0. The maximum atomic E-state index is 11.0. The van der Waals surface area contributed by atoms with Crippen LogP contribution in [0.5, 0.6) is 0 Å². The second kappa shape index (κ2) is 5.32. The molecule has 0 unspecified atom stereocenters. The van der Waals surface area contributed by atoms with E-state index in [1.165, 1.54) is 7.11 Å². The molecular formula is C9H7BrClIO2. The van der Waals surface area contributed by atoms with E-state index in [-0.39, 0.29) is 12.4 Å². The van der Waals surface area contributed by atoms with Crippen molar-refractivity contribution in [3.63, 3.8) is 0 Å². The van der Waals surface area contributed by atoms with Crippen LogP contribution in [0.1, 0.15) is 5.56 Å². The van der Waals surface area contributed by atoms with E-state index in [4.69, 9.17) is 11.6 Å². The van der Waals surface area contributed by atoms with Crippen molar-refractivity contribution in [3.8, 4) is 0 Å². The Morgan fingerprint density at radius 1 is 1.64 bits per heavy atom. The first kappa shape index (κ1) is 12.3. The number of benzene rings is 1. The lowest BCUT2D eigenvalue weighted by atomic mass is 10.1. The third kappa shape index (κ3) is 2.84. The van der Waals surface area contributed by atoms with Crippen LogP contribution in [0.3, 0.4) is 0 Å². The van der Waals surface area contributed by atoms with Gasteiger partial charge < -0.3 is 4.74 Å². The molecule has 0 aromatic heterocycles. The summed E-state index contributed by atoms with van der Waals surface area (Å²) >= 11 is 11.5. The molecule has 2 nitrogen and oxygen atoms in total. The van der Waals surface area contributed by atoms with Crippen LogP contribution in [0.4, 0.5) is 0 Å². The highest BCUT2D eigenvalue weighted by Gasteiger charge is 2.11. The van der Waals surface area contributed by atoms with Crippen LogP contribution in [0.15, 0.2) is 16.6 Å². The van der Waals surface area contributed by atoms with Crippen molar-refractivity contribution in [2.45, 2.75) is 6.42 Å². The number of ether oxygens (including phenoxy) is 1. The van der Waals surface area contributed by atoms with Gasteiger partial charge in [-0.3, -0.25) is 4.79 Å². The van der Waals surface area contributed by atoms with E-state index >= 15 is 0 Å². The molecule has 0 saturated heterocycles. The van der Waals surface area contributed by atoms with Crippen molar-refractivity contribution in [1.29, 1.82) is 0 Å². The maximum Gasteiger partial charge on any atom is 0.310 e. The molecule has 0 heterocycles. The van der Waals surface area contributed by atoms with E-state index in [0.717, 1.165) is 13.6 Å². The molecule has 0 atom stereocenters. The average molecular weight is 389 g/mol. The van der Waals surface area contributed by atoms with Crippen molar-refractivity contribution in [3.05, 3.63) is 30.8 Å². The maximum absolute atomic E-state index is 11.0. The normalized spacial score (nSPS) is 10.0. The van der Waals surface area contributed by atoms with E-state index in [1.807, 2.05) is 12.1 Å². The van der Waals surface area contributed by atoms with Crippen molar-refractivity contribution in [2.75, 3.05) is 7.11 Å². The Kier molecular flexibility index (Phi) is 4.66. The number of carbonyl (C=O) groups excluding carboxylic acids is 1. The smallest absolute Gasteiger partial charge is 0.310 e. The van der Waals surface area contributed by atoms with Gasteiger partial charge in [0.1, 0.15) is 0 Å². The Labute approximate surface area is 109 Å². The fourth-order valence-electron chi connectivity index (χ4n) is 0.930.